The van der Waals surface area contributed by atoms with Crippen LogP contribution in [0.15, 0.2) is 48.5 Å². The zero-order valence-electron chi connectivity index (χ0n) is 15.0. The highest BCUT2D eigenvalue weighted by molar-refractivity contribution is 7.71. The van der Waals surface area contributed by atoms with Crippen LogP contribution in [0.5, 0.6) is 0 Å². The van der Waals surface area contributed by atoms with Crippen LogP contribution in [0.4, 0.5) is 0 Å². The summed E-state index contributed by atoms with van der Waals surface area (Å²) in [5, 5.41) is 10.1. The molecule has 0 radical (unpaired) electrons. The normalized spacial score (nSPS) is 10.7. The first-order chi connectivity index (χ1) is 12.5. The van der Waals surface area contributed by atoms with Gasteiger partial charge in [0.25, 0.3) is 0 Å². The van der Waals surface area contributed by atoms with Gasteiger partial charge in [0, 0.05) is 25.1 Å². The molecule has 3 aromatic rings. The molecule has 0 atom stereocenters. The van der Waals surface area contributed by atoms with E-state index < -0.39 is 0 Å². The number of hydrogen-bond donors (Lipinski definition) is 2. The van der Waals surface area contributed by atoms with Gasteiger partial charge < -0.3 is 5.32 Å². The zero-order valence-corrected chi connectivity index (χ0v) is 15.8. The van der Waals surface area contributed by atoms with Crippen molar-refractivity contribution in [1.82, 2.24) is 20.1 Å². The lowest BCUT2D eigenvalue weighted by atomic mass is 10.1. The molecule has 0 saturated heterocycles. The van der Waals surface area contributed by atoms with Crippen molar-refractivity contribution in [2.45, 2.75) is 33.4 Å². The van der Waals surface area contributed by atoms with Crippen molar-refractivity contribution >= 4 is 18.1 Å². The van der Waals surface area contributed by atoms with E-state index in [-0.39, 0.29) is 5.91 Å². The molecular formula is C20H22N4OS. The minimum absolute atomic E-state index is 0.00814. The Balaban J connectivity index is 1.64. The number of nitrogens with one attached hydrogen (secondary N) is 2. The van der Waals surface area contributed by atoms with Crippen molar-refractivity contribution < 1.29 is 4.79 Å². The third-order valence-electron chi connectivity index (χ3n) is 4.37. The molecule has 1 heterocycles. The van der Waals surface area contributed by atoms with E-state index in [1.165, 1.54) is 11.1 Å². The molecule has 1 amide bonds. The molecular weight excluding hydrogens is 344 g/mol. The Morgan fingerprint density at radius 2 is 1.88 bits per heavy atom. The SMILES string of the molecule is Cc1ccc(-c2n[nH]c(=S)n2CCC(=O)NCc2ccccc2C)cc1. The highest BCUT2D eigenvalue weighted by atomic mass is 32.1. The van der Waals surface area contributed by atoms with Gasteiger partial charge in [-0.2, -0.15) is 5.10 Å². The molecule has 134 valence electrons. The molecule has 6 heteroatoms. The molecule has 0 fully saturated rings. The zero-order chi connectivity index (χ0) is 18.5. The monoisotopic (exact) mass is 366 g/mol. The van der Waals surface area contributed by atoms with Crippen molar-refractivity contribution in [1.29, 1.82) is 0 Å². The fourth-order valence-corrected chi connectivity index (χ4v) is 2.98. The maximum absolute atomic E-state index is 12.2. The molecule has 2 N–H and O–H groups in total. The lowest BCUT2D eigenvalue weighted by molar-refractivity contribution is -0.121. The van der Waals surface area contributed by atoms with Crippen LogP contribution in [0.3, 0.4) is 0 Å². The van der Waals surface area contributed by atoms with Gasteiger partial charge in [0.15, 0.2) is 10.6 Å². The summed E-state index contributed by atoms with van der Waals surface area (Å²) in [6.07, 6.45) is 0.346. The first kappa shape index (κ1) is 18.1. The predicted octanol–water partition coefficient (Wildman–Crippen LogP) is 3.93. The van der Waals surface area contributed by atoms with Gasteiger partial charge in [0.1, 0.15) is 0 Å². The quantitative estimate of drug-likeness (QED) is 0.650. The second-order valence-electron chi connectivity index (χ2n) is 6.32. The average Bonchev–Trinajstić information content (AvgIpc) is 3.00. The summed E-state index contributed by atoms with van der Waals surface area (Å²) in [5.41, 5.74) is 4.46. The minimum Gasteiger partial charge on any atom is -0.352 e. The largest absolute Gasteiger partial charge is 0.352 e. The summed E-state index contributed by atoms with van der Waals surface area (Å²) in [7, 11) is 0. The van der Waals surface area contributed by atoms with Crippen LogP contribution in [-0.2, 0) is 17.9 Å². The van der Waals surface area contributed by atoms with Gasteiger partial charge in [-0.3, -0.25) is 14.5 Å². The summed E-state index contributed by atoms with van der Waals surface area (Å²) in [4.78, 5) is 12.2. The Bertz CT molecular complexity index is 956. The van der Waals surface area contributed by atoms with Crippen molar-refractivity contribution in [3.05, 3.63) is 70.0 Å². The molecule has 3 rings (SSSR count). The number of amides is 1. The lowest BCUT2D eigenvalue weighted by Gasteiger charge is -2.09. The van der Waals surface area contributed by atoms with Gasteiger partial charge in [-0.1, -0.05) is 54.1 Å². The maximum Gasteiger partial charge on any atom is 0.222 e. The standard InChI is InChI=1S/C20H22N4OS/c1-14-7-9-16(10-8-14)19-22-23-20(26)24(19)12-11-18(25)21-13-17-6-4-3-5-15(17)2/h3-10H,11-13H2,1-2H3,(H,21,25)(H,23,26). The van der Waals surface area contributed by atoms with Crippen LogP contribution in [0.1, 0.15) is 23.1 Å². The van der Waals surface area contributed by atoms with Crippen LogP contribution < -0.4 is 5.32 Å². The van der Waals surface area contributed by atoms with Crippen molar-refractivity contribution in [3.63, 3.8) is 0 Å². The van der Waals surface area contributed by atoms with E-state index in [1.54, 1.807) is 0 Å². The Kier molecular flexibility index (Phi) is 5.63. The van der Waals surface area contributed by atoms with Crippen LogP contribution in [-0.4, -0.2) is 20.7 Å². The van der Waals surface area contributed by atoms with Crippen LogP contribution in [0, 0.1) is 18.6 Å². The minimum atomic E-state index is -0.00814. The third-order valence-corrected chi connectivity index (χ3v) is 4.68. The molecule has 0 bridgehead atoms. The topological polar surface area (TPSA) is 62.7 Å². The van der Waals surface area contributed by atoms with Gasteiger partial charge in [0.05, 0.1) is 0 Å². The maximum atomic E-state index is 12.2. The predicted molar refractivity (Wildman–Crippen MR) is 105 cm³/mol. The van der Waals surface area contributed by atoms with Gasteiger partial charge in [-0.05, 0) is 37.2 Å². The second kappa shape index (κ2) is 8.10. The molecule has 2 aromatic carbocycles. The fraction of sp³-hybridized carbons (Fsp3) is 0.250. The molecule has 0 aliphatic rings. The summed E-state index contributed by atoms with van der Waals surface area (Å²) in [6.45, 7) is 5.10. The number of rotatable bonds is 6. The second-order valence-corrected chi connectivity index (χ2v) is 6.71. The van der Waals surface area contributed by atoms with E-state index >= 15 is 0 Å². The van der Waals surface area contributed by atoms with Crippen molar-refractivity contribution in [2.75, 3.05) is 0 Å². The van der Waals surface area contributed by atoms with Gasteiger partial charge in [-0.25, -0.2) is 0 Å². The number of H-pyrrole nitrogens is 1. The smallest absolute Gasteiger partial charge is 0.222 e. The molecule has 1 aromatic heterocycles. The first-order valence-corrected chi connectivity index (χ1v) is 8.99. The fourth-order valence-electron chi connectivity index (χ4n) is 2.75. The van der Waals surface area contributed by atoms with E-state index in [4.69, 9.17) is 12.2 Å². The number of benzene rings is 2. The molecule has 26 heavy (non-hydrogen) atoms. The van der Waals surface area contributed by atoms with Gasteiger partial charge in [0.2, 0.25) is 5.91 Å². The van der Waals surface area contributed by atoms with Crippen molar-refractivity contribution in [2.24, 2.45) is 0 Å². The van der Waals surface area contributed by atoms with E-state index in [9.17, 15) is 4.79 Å². The van der Waals surface area contributed by atoms with E-state index in [1.807, 2.05) is 66.9 Å². The summed E-state index contributed by atoms with van der Waals surface area (Å²) >= 11 is 5.32. The van der Waals surface area contributed by atoms with Crippen molar-refractivity contribution in [3.8, 4) is 11.4 Å². The van der Waals surface area contributed by atoms with Gasteiger partial charge >= 0.3 is 0 Å². The molecule has 0 aliphatic carbocycles. The summed E-state index contributed by atoms with van der Waals surface area (Å²) in [6, 6.07) is 16.1. The Hall–Kier alpha value is -2.73. The molecule has 0 aliphatic heterocycles. The number of aromatic amines is 1. The Morgan fingerprint density at radius 3 is 2.62 bits per heavy atom. The van der Waals surface area contributed by atoms with Crippen LogP contribution in [0.2, 0.25) is 0 Å². The molecule has 0 spiro atoms. The van der Waals surface area contributed by atoms with E-state index in [2.05, 4.69) is 15.5 Å². The number of aromatic nitrogens is 3. The van der Waals surface area contributed by atoms with Crippen LogP contribution in [0.25, 0.3) is 11.4 Å². The Morgan fingerprint density at radius 1 is 1.15 bits per heavy atom. The third kappa shape index (κ3) is 4.26. The molecule has 0 saturated carbocycles. The average molecular weight is 366 g/mol. The number of carbonyl (C=O) groups is 1. The van der Waals surface area contributed by atoms with Gasteiger partial charge in [-0.15, -0.1) is 0 Å². The molecule has 0 unspecified atom stereocenters. The van der Waals surface area contributed by atoms with E-state index in [0.717, 1.165) is 17.0 Å². The first-order valence-electron chi connectivity index (χ1n) is 8.58. The van der Waals surface area contributed by atoms with E-state index in [0.29, 0.717) is 24.3 Å². The molecule has 5 nitrogen and oxygen atoms in total. The Labute approximate surface area is 158 Å². The number of aryl methyl sites for hydroxylation is 2. The summed E-state index contributed by atoms with van der Waals surface area (Å²) in [5.74, 6) is 0.743. The number of hydrogen-bond acceptors (Lipinski definition) is 3. The van der Waals surface area contributed by atoms with Crippen LogP contribution >= 0.6 is 12.2 Å². The highest BCUT2D eigenvalue weighted by Gasteiger charge is 2.11. The summed E-state index contributed by atoms with van der Waals surface area (Å²) < 4.78 is 2.39. The number of nitrogens with zero attached hydrogens (tertiary/aromatic N) is 2. The lowest BCUT2D eigenvalue weighted by Crippen LogP contribution is -2.24. The number of carbonyl (C=O) groups excluding carboxylic acids is 1. The highest BCUT2D eigenvalue weighted by Crippen LogP contribution is 2.18.